The second-order valence-corrected chi connectivity index (χ2v) is 6.23. The summed E-state index contributed by atoms with van der Waals surface area (Å²) in [5, 5.41) is 8.52. The molecule has 24 heavy (non-hydrogen) atoms. The maximum absolute atomic E-state index is 5.91. The van der Waals surface area contributed by atoms with E-state index in [0.29, 0.717) is 0 Å². The molecule has 2 heterocycles. The average Bonchev–Trinajstić information content (AvgIpc) is 3.05. The first kappa shape index (κ1) is 16.5. The Labute approximate surface area is 146 Å². The van der Waals surface area contributed by atoms with E-state index in [1.807, 2.05) is 72.6 Å². The van der Waals surface area contributed by atoms with Crippen LogP contribution in [0.5, 0.6) is 0 Å². The number of hydrogen-bond acceptors (Lipinski definition) is 4. The molecule has 124 valence electrons. The van der Waals surface area contributed by atoms with Crippen LogP contribution in [0.3, 0.4) is 0 Å². The lowest BCUT2D eigenvalue weighted by Crippen LogP contribution is -2.14. The van der Waals surface area contributed by atoms with Crippen LogP contribution in [0, 0.1) is 0 Å². The van der Waals surface area contributed by atoms with Gasteiger partial charge in [0, 0.05) is 50.2 Å². The maximum atomic E-state index is 5.91. The summed E-state index contributed by atoms with van der Waals surface area (Å²) in [4.78, 5) is 6.40. The van der Waals surface area contributed by atoms with Crippen LogP contribution in [0.4, 0.5) is 5.82 Å². The summed E-state index contributed by atoms with van der Waals surface area (Å²) in [6.07, 6.45) is 5.79. The van der Waals surface area contributed by atoms with E-state index in [0.717, 1.165) is 40.7 Å². The van der Waals surface area contributed by atoms with Crippen molar-refractivity contribution in [2.24, 2.45) is 0 Å². The Kier molecular flexibility index (Phi) is 5.13. The van der Waals surface area contributed by atoms with E-state index in [1.54, 1.807) is 0 Å². The van der Waals surface area contributed by atoms with E-state index in [2.05, 4.69) is 21.5 Å². The molecule has 0 amide bonds. The van der Waals surface area contributed by atoms with Crippen molar-refractivity contribution >= 4 is 17.4 Å². The first-order valence-corrected chi connectivity index (χ1v) is 8.12. The topological polar surface area (TPSA) is 46.0 Å². The third-order valence-corrected chi connectivity index (χ3v) is 3.90. The molecule has 6 heteroatoms. The molecule has 0 aliphatic heterocycles. The smallest absolute Gasteiger partial charge is 0.127 e. The van der Waals surface area contributed by atoms with Gasteiger partial charge < -0.3 is 10.2 Å². The standard InChI is InChI=1S/C18H20ClN5/c1-23(2)18-8-3-14(11-21-18)9-20-10-15-12-22-24(13-15)17-6-4-16(19)5-7-17/h3-8,11-13,20H,9-10H2,1-2H3. The molecular weight excluding hydrogens is 322 g/mol. The van der Waals surface area contributed by atoms with Crippen molar-refractivity contribution < 1.29 is 0 Å². The van der Waals surface area contributed by atoms with Crippen molar-refractivity contribution in [1.29, 1.82) is 0 Å². The van der Waals surface area contributed by atoms with Crippen molar-refractivity contribution in [1.82, 2.24) is 20.1 Å². The van der Waals surface area contributed by atoms with Crippen molar-refractivity contribution in [2.75, 3.05) is 19.0 Å². The summed E-state index contributed by atoms with van der Waals surface area (Å²) in [6, 6.07) is 11.7. The average molecular weight is 342 g/mol. The molecule has 1 aromatic carbocycles. The van der Waals surface area contributed by atoms with Crippen LogP contribution < -0.4 is 10.2 Å². The van der Waals surface area contributed by atoms with Crippen LogP contribution in [-0.2, 0) is 13.1 Å². The number of anilines is 1. The fraction of sp³-hybridized carbons (Fsp3) is 0.222. The number of aromatic nitrogens is 3. The van der Waals surface area contributed by atoms with Gasteiger partial charge in [0.15, 0.2) is 0 Å². The Hall–Kier alpha value is -2.37. The number of benzene rings is 1. The lowest BCUT2D eigenvalue weighted by molar-refractivity contribution is 0.691. The molecule has 5 nitrogen and oxygen atoms in total. The summed E-state index contributed by atoms with van der Waals surface area (Å²) < 4.78 is 1.85. The first-order chi connectivity index (χ1) is 11.6. The summed E-state index contributed by atoms with van der Waals surface area (Å²) in [5.74, 6) is 0.961. The predicted octanol–water partition coefficient (Wildman–Crippen LogP) is 3.28. The third-order valence-electron chi connectivity index (χ3n) is 3.65. The Morgan fingerprint density at radius 1 is 1.00 bits per heavy atom. The first-order valence-electron chi connectivity index (χ1n) is 7.74. The second-order valence-electron chi connectivity index (χ2n) is 5.79. The molecule has 0 saturated carbocycles. The molecule has 3 rings (SSSR count). The molecule has 0 saturated heterocycles. The number of nitrogens with one attached hydrogen (secondary N) is 1. The van der Waals surface area contributed by atoms with E-state index >= 15 is 0 Å². The molecule has 0 aliphatic rings. The molecule has 0 radical (unpaired) electrons. The normalized spacial score (nSPS) is 10.8. The maximum Gasteiger partial charge on any atom is 0.127 e. The molecule has 0 fully saturated rings. The minimum atomic E-state index is 0.724. The van der Waals surface area contributed by atoms with Crippen LogP contribution in [-0.4, -0.2) is 28.9 Å². The monoisotopic (exact) mass is 341 g/mol. The highest BCUT2D eigenvalue weighted by Gasteiger charge is 2.02. The molecular formula is C18H20ClN5. The minimum absolute atomic E-state index is 0.724. The van der Waals surface area contributed by atoms with Gasteiger partial charge in [0.25, 0.3) is 0 Å². The summed E-state index contributed by atoms with van der Waals surface area (Å²) >= 11 is 5.91. The molecule has 0 atom stereocenters. The van der Waals surface area contributed by atoms with E-state index in [1.165, 1.54) is 0 Å². The third kappa shape index (κ3) is 4.13. The summed E-state index contributed by atoms with van der Waals surface area (Å²) in [5.41, 5.74) is 3.28. The van der Waals surface area contributed by atoms with Gasteiger partial charge in [0.05, 0.1) is 11.9 Å². The van der Waals surface area contributed by atoms with Gasteiger partial charge in [-0.2, -0.15) is 5.10 Å². The molecule has 0 unspecified atom stereocenters. The summed E-state index contributed by atoms with van der Waals surface area (Å²) in [7, 11) is 3.97. The Balaban J connectivity index is 1.54. The Morgan fingerprint density at radius 3 is 2.42 bits per heavy atom. The number of hydrogen-bond donors (Lipinski definition) is 1. The van der Waals surface area contributed by atoms with Crippen LogP contribution in [0.2, 0.25) is 5.02 Å². The largest absolute Gasteiger partial charge is 0.363 e. The van der Waals surface area contributed by atoms with Crippen LogP contribution >= 0.6 is 11.6 Å². The zero-order valence-corrected chi connectivity index (χ0v) is 14.5. The zero-order valence-electron chi connectivity index (χ0n) is 13.8. The van der Waals surface area contributed by atoms with Gasteiger partial charge in [0.1, 0.15) is 5.82 Å². The molecule has 2 aromatic heterocycles. The highest BCUT2D eigenvalue weighted by molar-refractivity contribution is 6.30. The molecule has 0 aliphatic carbocycles. The van der Waals surface area contributed by atoms with Gasteiger partial charge in [-0.25, -0.2) is 9.67 Å². The van der Waals surface area contributed by atoms with Gasteiger partial charge in [-0.05, 0) is 35.9 Å². The highest BCUT2D eigenvalue weighted by Crippen LogP contribution is 2.13. The van der Waals surface area contributed by atoms with Gasteiger partial charge >= 0.3 is 0 Å². The van der Waals surface area contributed by atoms with Gasteiger partial charge in [-0.3, -0.25) is 0 Å². The van der Waals surface area contributed by atoms with Crippen molar-refractivity contribution in [3.63, 3.8) is 0 Å². The van der Waals surface area contributed by atoms with Gasteiger partial charge in [-0.15, -0.1) is 0 Å². The fourth-order valence-corrected chi connectivity index (χ4v) is 2.45. The van der Waals surface area contributed by atoms with Gasteiger partial charge in [-0.1, -0.05) is 17.7 Å². The molecule has 0 bridgehead atoms. The van der Waals surface area contributed by atoms with E-state index in [9.17, 15) is 0 Å². The zero-order chi connectivity index (χ0) is 16.9. The molecule has 1 N–H and O–H groups in total. The van der Waals surface area contributed by atoms with Crippen molar-refractivity contribution in [3.8, 4) is 5.69 Å². The number of pyridine rings is 1. The fourth-order valence-electron chi connectivity index (χ4n) is 2.32. The quantitative estimate of drug-likeness (QED) is 0.747. The van der Waals surface area contributed by atoms with E-state index in [-0.39, 0.29) is 0 Å². The van der Waals surface area contributed by atoms with E-state index < -0.39 is 0 Å². The van der Waals surface area contributed by atoms with Crippen LogP contribution in [0.25, 0.3) is 5.69 Å². The Morgan fingerprint density at radius 2 is 1.75 bits per heavy atom. The van der Waals surface area contributed by atoms with Crippen LogP contribution in [0.15, 0.2) is 55.0 Å². The van der Waals surface area contributed by atoms with Crippen LogP contribution in [0.1, 0.15) is 11.1 Å². The minimum Gasteiger partial charge on any atom is -0.363 e. The summed E-state index contributed by atoms with van der Waals surface area (Å²) in [6.45, 7) is 1.52. The highest BCUT2D eigenvalue weighted by atomic mass is 35.5. The van der Waals surface area contributed by atoms with Crippen molar-refractivity contribution in [3.05, 3.63) is 71.1 Å². The molecule has 0 spiro atoms. The molecule has 3 aromatic rings. The number of nitrogens with zero attached hydrogens (tertiary/aromatic N) is 4. The number of halogens is 1. The Bertz CT molecular complexity index is 778. The lowest BCUT2D eigenvalue weighted by Gasteiger charge is -2.11. The SMILES string of the molecule is CN(C)c1ccc(CNCc2cnn(-c3ccc(Cl)cc3)c2)cn1. The number of rotatable bonds is 6. The second kappa shape index (κ2) is 7.47. The predicted molar refractivity (Wildman–Crippen MR) is 97.7 cm³/mol. The van der Waals surface area contributed by atoms with E-state index in [4.69, 9.17) is 11.6 Å². The lowest BCUT2D eigenvalue weighted by atomic mass is 10.2. The van der Waals surface area contributed by atoms with Crippen molar-refractivity contribution in [2.45, 2.75) is 13.1 Å². The van der Waals surface area contributed by atoms with Gasteiger partial charge in [0.2, 0.25) is 0 Å².